The van der Waals surface area contributed by atoms with Gasteiger partial charge in [0.2, 0.25) is 0 Å². The van der Waals surface area contributed by atoms with E-state index in [0.29, 0.717) is 23.5 Å². The molecule has 0 aliphatic rings. The van der Waals surface area contributed by atoms with Crippen molar-refractivity contribution in [1.82, 2.24) is 5.32 Å². The molecule has 5 nitrogen and oxygen atoms in total. The summed E-state index contributed by atoms with van der Waals surface area (Å²) in [7, 11) is 0. The molecule has 0 bridgehead atoms. The highest BCUT2D eigenvalue weighted by Gasteiger charge is 2.13. The summed E-state index contributed by atoms with van der Waals surface area (Å²) in [5, 5.41) is 11.9. The maximum Gasteiger partial charge on any atom is 0.352 e. The van der Waals surface area contributed by atoms with Gasteiger partial charge in [0.1, 0.15) is 18.1 Å². The first-order valence-corrected chi connectivity index (χ1v) is 9.88. The van der Waals surface area contributed by atoms with E-state index in [2.05, 4.69) is 27.9 Å². The van der Waals surface area contributed by atoms with Gasteiger partial charge in [-0.3, -0.25) is 4.79 Å². The van der Waals surface area contributed by atoms with Crippen LogP contribution < -0.4 is 10.1 Å². The number of hydrogen-bond donors (Lipinski definition) is 2. The summed E-state index contributed by atoms with van der Waals surface area (Å²) < 4.78 is 6.95. The Morgan fingerprint density at radius 3 is 2.38 bits per heavy atom. The SMILES string of the molecule is O=C(O)/C(=C\c1cccc(OCc2ccc(I)cc2)c1)NC(=O)c1ccccc1. The minimum Gasteiger partial charge on any atom is -0.489 e. The average Bonchev–Trinajstić information content (AvgIpc) is 2.73. The molecule has 6 heteroatoms. The van der Waals surface area contributed by atoms with Crippen molar-refractivity contribution in [2.75, 3.05) is 0 Å². The lowest BCUT2D eigenvalue weighted by molar-refractivity contribution is -0.132. The quantitative estimate of drug-likeness (QED) is 0.364. The number of carboxylic acid groups (broad SMARTS) is 1. The van der Waals surface area contributed by atoms with Crippen molar-refractivity contribution < 1.29 is 19.4 Å². The fraction of sp³-hybridized carbons (Fsp3) is 0.0435. The maximum absolute atomic E-state index is 12.3. The van der Waals surface area contributed by atoms with Gasteiger partial charge in [0.25, 0.3) is 5.91 Å². The number of hydrogen-bond acceptors (Lipinski definition) is 3. The summed E-state index contributed by atoms with van der Waals surface area (Å²) in [5.41, 5.74) is 1.81. The number of carbonyl (C=O) groups excluding carboxylic acids is 1. The van der Waals surface area contributed by atoms with Crippen LogP contribution in [0.4, 0.5) is 0 Å². The van der Waals surface area contributed by atoms with Crippen molar-refractivity contribution >= 4 is 40.5 Å². The molecule has 3 aromatic rings. The molecule has 0 saturated heterocycles. The minimum absolute atomic E-state index is 0.214. The van der Waals surface area contributed by atoms with Crippen molar-refractivity contribution in [2.45, 2.75) is 6.61 Å². The summed E-state index contributed by atoms with van der Waals surface area (Å²) >= 11 is 2.24. The fourth-order valence-corrected chi connectivity index (χ4v) is 2.90. The van der Waals surface area contributed by atoms with Gasteiger partial charge < -0.3 is 15.2 Å². The number of halogens is 1. The van der Waals surface area contributed by atoms with Gasteiger partial charge in [-0.2, -0.15) is 0 Å². The van der Waals surface area contributed by atoms with Crippen molar-refractivity contribution in [1.29, 1.82) is 0 Å². The maximum atomic E-state index is 12.3. The van der Waals surface area contributed by atoms with E-state index in [0.717, 1.165) is 9.13 Å². The van der Waals surface area contributed by atoms with Crippen molar-refractivity contribution in [3.63, 3.8) is 0 Å². The number of aliphatic carboxylic acids is 1. The van der Waals surface area contributed by atoms with Crippen LogP contribution in [-0.2, 0) is 11.4 Å². The first kappa shape index (κ1) is 20.6. The van der Waals surface area contributed by atoms with E-state index in [1.165, 1.54) is 6.08 Å². The topological polar surface area (TPSA) is 75.6 Å². The Hall–Kier alpha value is -3.13. The molecule has 0 aliphatic carbocycles. The molecule has 29 heavy (non-hydrogen) atoms. The van der Waals surface area contributed by atoms with E-state index in [9.17, 15) is 14.7 Å². The Balaban J connectivity index is 1.72. The summed E-state index contributed by atoms with van der Waals surface area (Å²) in [6.45, 7) is 0.403. The lowest BCUT2D eigenvalue weighted by Crippen LogP contribution is -2.27. The number of carbonyl (C=O) groups is 2. The van der Waals surface area contributed by atoms with Gasteiger partial charge in [-0.25, -0.2) is 4.79 Å². The molecule has 0 saturated carbocycles. The molecule has 0 aliphatic heterocycles. The molecule has 1 amide bonds. The Kier molecular flexibility index (Phi) is 7.02. The summed E-state index contributed by atoms with van der Waals surface area (Å²) in [5.74, 6) is -1.10. The largest absolute Gasteiger partial charge is 0.489 e. The van der Waals surface area contributed by atoms with Gasteiger partial charge in [0.15, 0.2) is 0 Å². The van der Waals surface area contributed by atoms with Gasteiger partial charge >= 0.3 is 5.97 Å². The molecule has 0 heterocycles. The molecule has 0 atom stereocenters. The van der Waals surface area contributed by atoms with E-state index in [4.69, 9.17) is 4.74 Å². The van der Waals surface area contributed by atoms with Crippen LogP contribution in [0.5, 0.6) is 5.75 Å². The zero-order valence-corrected chi connectivity index (χ0v) is 17.5. The van der Waals surface area contributed by atoms with Crippen LogP contribution >= 0.6 is 22.6 Å². The van der Waals surface area contributed by atoms with Crippen LogP contribution in [0.3, 0.4) is 0 Å². The second-order valence-electron chi connectivity index (χ2n) is 6.17. The predicted molar refractivity (Wildman–Crippen MR) is 119 cm³/mol. The molecule has 2 N–H and O–H groups in total. The first-order valence-electron chi connectivity index (χ1n) is 8.80. The van der Waals surface area contributed by atoms with E-state index in [1.54, 1.807) is 54.6 Å². The molecule has 0 unspecified atom stereocenters. The smallest absolute Gasteiger partial charge is 0.352 e. The van der Waals surface area contributed by atoms with Gasteiger partial charge in [-0.15, -0.1) is 0 Å². The van der Waals surface area contributed by atoms with Crippen LogP contribution in [0.25, 0.3) is 6.08 Å². The number of nitrogens with one attached hydrogen (secondary N) is 1. The molecule has 0 spiro atoms. The lowest BCUT2D eigenvalue weighted by atomic mass is 10.1. The highest BCUT2D eigenvalue weighted by Crippen LogP contribution is 2.18. The number of amides is 1. The number of benzene rings is 3. The third kappa shape index (κ3) is 6.18. The third-order valence-electron chi connectivity index (χ3n) is 4.00. The Bertz CT molecular complexity index is 1030. The summed E-state index contributed by atoms with van der Waals surface area (Å²) in [6, 6.07) is 23.5. The molecule has 0 radical (unpaired) electrons. The fourth-order valence-electron chi connectivity index (χ4n) is 2.54. The number of rotatable bonds is 7. The third-order valence-corrected chi connectivity index (χ3v) is 4.72. The Morgan fingerprint density at radius 2 is 1.69 bits per heavy atom. The highest BCUT2D eigenvalue weighted by molar-refractivity contribution is 14.1. The van der Waals surface area contributed by atoms with Crippen LogP contribution in [0, 0.1) is 3.57 Å². The molecule has 0 fully saturated rings. The normalized spacial score (nSPS) is 11.0. The molecule has 3 aromatic carbocycles. The second-order valence-corrected chi connectivity index (χ2v) is 7.42. The number of ether oxygens (including phenoxy) is 1. The average molecular weight is 499 g/mol. The van der Waals surface area contributed by atoms with Gasteiger partial charge in [0, 0.05) is 9.13 Å². The predicted octanol–water partition coefficient (Wildman–Crippen LogP) is 4.73. The van der Waals surface area contributed by atoms with Gasteiger partial charge in [-0.1, -0.05) is 42.5 Å². The zero-order valence-electron chi connectivity index (χ0n) is 15.3. The standard InChI is InChI=1S/C23H18INO4/c24-19-11-9-16(10-12-19)15-29-20-8-4-5-17(13-20)14-21(23(27)28)25-22(26)18-6-2-1-3-7-18/h1-14H,15H2,(H,25,26)(H,27,28)/b21-14+. The Morgan fingerprint density at radius 1 is 0.966 bits per heavy atom. The summed E-state index contributed by atoms with van der Waals surface area (Å²) in [6.07, 6.45) is 1.40. The van der Waals surface area contributed by atoms with E-state index in [-0.39, 0.29) is 5.70 Å². The van der Waals surface area contributed by atoms with Crippen LogP contribution in [0.15, 0.2) is 84.6 Å². The first-order chi connectivity index (χ1) is 14.0. The second kappa shape index (κ2) is 9.88. The van der Waals surface area contributed by atoms with Crippen LogP contribution in [-0.4, -0.2) is 17.0 Å². The molecular formula is C23H18INO4. The van der Waals surface area contributed by atoms with Crippen molar-refractivity contribution in [2.24, 2.45) is 0 Å². The molecule has 3 rings (SSSR count). The molecule has 146 valence electrons. The minimum atomic E-state index is -1.22. The highest BCUT2D eigenvalue weighted by atomic mass is 127. The monoisotopic (exact) mass is 499 g/mol. The summed E-state index contributed by atoms with van der Waals surface area (Å²) in [4.78, 5) is 23.8. The number of carboxylic acids is 1. The van der Waals surface area contributed by atoms with Gasteiger partial charge in [-0.05, 0) is 76.2 Å². The van der Waals surface area contributed by atoms with Crippen molar-refractivity contribution in [3.8, 4) is 5.75 Å². The van der Waals surface area contributed by atoms with Gasteiger partial charge in [0.05, 0.1) is 0 Å². The molecular weight excluding hydrogens is 481 g/mol. The van der Waals surface area contributed by atoms with Crippen LogP contribution in [0.2, 0.25) is 0 Å². The van der Waals surface area contributed by atoms with Crippen LogP contribution in [0.1, 0.15) is 21.5 Å². The lowest BCUT2D eigenvalue weighted by Gasteiger charge is -2.09. The zero-order chi connectivity index (χ0) is 20.6. The van der Waals surface area contributed by atoms with E-state index in [1.807, 2.05) is 24.3 Å². The Labute approximate surface area is 182 Å². The van der Waals surface area contributed by atoms with E-state index >= 15 is 0 Å². The van der Waals surface area contributed by atoms with Crippen molar-refractivity contribution in [3.05, 3.63) is 105 Å². The van der Waals surface area contributed by atoms with E-state index < -0.39 is 11.9 Å². The molecule has 0 aromatic heterocycles.